The van der Waals surface area contributed by atoms with E-state index in [0.717, 1.165) is 17.0 Å². The number of fused-ring (bicyclic) bond motifs is 1. The molecule has 0 saturated heterocycles. The van der Waals surface area contributed by atoms with E-state index >= 15 is 0 Å². The van der Waals surface area contributed by atoms with Gasteiger partial charge in [-0.15, -0.1) is 0 Å². The van der Waals surface area contributed by atoms with Crippen LogP contribution in [-0.4, -0.2) is 40.0 Å². The second-order valence-corrected chi connectivity index (χ2v) is 6.22. The number of nitro benzene ring substituents is 1. The molecule has 2 aromatic carbocycles. The zero-order chi connectivity index (χ0) is 20.6. The number of carbonyl (C=O) groups excluding carboxylic acids is 4. The van der Waals surface area contributed by atoms with Crippen molar-refractivity contribution in [3.63, 3.8) is 0 Å². The Balaban J connectivity index is 1.91. The molecule has 1 aliphatic heterocycles. The maximum atomic E-state index is 12.6. The van der Waals surface area contributed by atoms with Gasteiger partial charge in [0.1, 0.15) is 6.67 Å². The quantitative estimate of drug-likeness (QED) is 0.340. The molecule has 2 aromatic rings. The van der Waals surface area contributed by atoms with Crippen molar-refractivity contribution < 1.29 is 24.1 Å². The van der Waals surface area contributed by atoms with E-state index < -0.39 is 22.6 Å². The number of ketones is 1. The summed E-state index contributed by atoms with van der Waals surface area (Å²) < 4.78 is 0. The van der Waals surface area contributed by atoms with Gasteiger partial charge in [0.15, 0.2) is 5.78 Å². The third kappa shape index (κ3) is 3.25. The molecule has 28 heavy (non-hydrogen) atoms. The summed E-state index contributed by atoms with van der Waals surface area (Å²) in [5.41, 5.74) is 0.533. The number of benzene rings is 2. The third-order valence-corrected chi connectivity index (χ3v) is 4.41. The van der Waals surface area contributed by atoms with Gasteiger partial charge < -0.3 is 0 Å². The smallest absolute Gasteiger partial charge is 0.270 e. The average Bonchev–Trinajstić information content (AvgIpc) is 2.89. The summed E-state index contributed by atoms with van der Waals surface area (Å²) in [4.78, 5) is 61.0. The van der Waals surface area contributed by atoms with E-state index in [9.17, 15) is 29.3 Å². The summed E-state index contributed by atoms with van der Waals surface area (Å²) in [6.07, 6.45) is 0. The van der Waals surface area contributed by atoms with Crippen LogP contribution in [0.15, 0.2) is 42.5 Å². The molecular formula is C19H15N3O6. The Bertz CT molecular complexity index is 1030. The maximum Gasteiger partial charge on any atom is 0.270 e. The van der Waals surface area contributed by atoms with Gasteiger partial charge >= 0.3 is 0 Å². The second kappa shape index (κ2) is 7.03. The van der Waals surface area contributed by atoms with Crippen LogP contribution in [0.4, 0.5) is 11.4 Å². The van der Waals surface area contributed by atoms with Crippen LogP contribution in [0.3, 0.4) is 0 Å². The topological polar surface area (TPSA) is 118 Å². The molecule has 0 N–H and O–H groups in total. The first-order chi connectivity index (χ1) is 13.2. The van der Waals surface area contributed by atoms with Gasteiger partial charge in [-0.25, -0.2) is 0 Å². The number of hydrogen-bond acceptors (Lipinski definition) is 6. The van der Waals surface area contributed by atoms with Crippen LogP contribution >= 0.6 is 0 Å². The van der Waals surface area contributed by atoms with Gasteiger partial charge in [-0.3, -0.25) is 39.1 Å². The van der Waals surface area contributed by atoms with E-state index in [4.69, 9.17) is 0 Å². The number of carbonyl (C=O) groups is 4. The monoisotopic (exact) mass is 381 g/mol. The van der Waals surface area contributed by atoms with E-state index in [0.29, 0.717) is 11.3 Å². The molecule has 0 aliphatic carbocycles. The molecule has 0 spiro atoms. The number of Topliss-reactive ketones (excluding diaryl/α,β-unsaturated/α-hetero) is 1. The van der Waals surface area contributed by atoms with Crippen LogP contribution in [0.25, 0.3) is 0 Å². The molecule has 0 unspecified atom stereocenters. The van der Waals surface area contributed by atoms with Gasteiger partial charge in [0.2, 0.25) is 5.91 Å². The SMILES string of the molecule is CC(=O)c1ccc(N(CN2C(=O)c3ccc([N+](=O)[O-])cc3C2=O)C(C)=O)cc1. The summed E-state index contributed by atoms with van der Waals surface area (Å²) in [5, 5.41) is 10.9. The minimum Gasteiger partial charge on any atom is -0.295 e. The lowest BCUT2D eigenvalue weighted by molar-refractivity contribution is -0.384. The van der Waals surface area contributed by atoms with Crippen molar-refractivity contribution in [2.75, 3.05) is 11.6 Å². The van der Waals surface area contributed by atoms with Crippen LogP contribution in [0.1, 0.15) is 44.9 Å². The van der Waals surface area contributed by atoms with E-state index in [-0.39, 0.29) is 29.3 Å². The zero-order valence-electron chi connectivity index (χ0n) is 15.0. The predicted octanol–water partition coefficient (Wildman–Crippen LogP) is 2.40. The Morgan fingerprint density at radius 3 is 2.14 bits per heavy atom. The maximum absolute atomic E-state index is 12.6. The van der Waals surface area contributed by atoms with E-state index in [1.54, 1.807) is 24.3 Å². The summed E-state index contributed by atoms with van der Waals surface area (Å²) in [7, 11) is 0. The number of hydrogen-bond donors (Lipinski definition) is 0. The largest absolute Gasteiger partial charge is 0.295 e. The molecule has 0 fully saturated rings. The number of nitro groups is 1. The molecule has 3 amide bonds. The number of non-ortho nitro benzene ring substituents is 1. The van der Waals surface area contributed by atoms with Crippen LogP contribution in [-0.2, 0) is 4.79 Å². The number of amides is 3. The van der Waals surface area contributed by atoms with Crippen LogP contribution in [0, 0.1) is 10.1 Å². The fourth-order valence-corrected chi connectivity index (χ4v) is 2.90. The number of imide groups is 1. The summed E-state index contributed by atoms with van der Waals surface area (Å²) in [6.45, 7) is 2.34. The normalized spacial score (nSPS) is 12.7. The van der Waals surface area contributed by atoms with Gasteiger partial charge in [-0.2, -0.15) is 0 Å². The lowest BCUT2D eigenvalue weighted by Gasteiger charge is -2.26. The Kier molecular flexibility index (Phi) is 4.74. The third-order valence-electron chi connectivity index (χ3n) is 4.41. The van der Waals surface area contributed by atoms with Crippen molar-refractivity contribution in [3.8, 4) is 0 Å². The molecule has 9 nitrogen and oxygen atoms in total. The van der Waals surface area contributed by atoms with E-state index in [1.165, 1.54) is 24.8 Å². The highest BCUT2D eigenvalue weighted by atomic mass is 16.6. The highest BCUT2D eigenvalue weighted by Gasteiger charge is 2.38. The van der Waals surface area contributed by atoms with Gasteiger partial charge in [0, 0.05) is 30.3 Å². The van der Waals surface area contributed by atoms with E-state index in [2.05, 4.69) is 0 Å². The molecule has 0 radical (unpaired) electrons. The van der Waals surface area contributed by atoms with Gasteiger partial charge in [-0.1, -0.05) is 0 Å². The molecule has 0 aromatic heterocycles. The minimum absolute atomic E-state index is 0.0472. The lowest BCUT2D eigenvalue weighted by atomic mass is 10.1. The summed E-state index contributed by atoms with van der Waals surface area (Å²) in [6, 6.07) is 9.60. The highest BCUT2D eigenvalue weighted by Crippen LogP contribution is 2.28. The molecular weight excluding hydrogens is 366 g/mol. The lowest BCUT2D eigenvalue weighted by Crippen LogP contribution is -2.43. The molecule has 0 bridgehead atoms. The van der Waals surface area contributed by atoms with Crippen molar-refractivity contribution in [3.05, 3.63) is 69.3 Å². The van der Waals surface area contributed by atoms with Gasteiger partial charge in [0.05, 0.1) is 16.1 Å². The molecule has 3 rings (SSSR count). The highest BCUT2D eigenvalue weighted by molar-refractivity contribution is 6.22. The summed E-state index contributed by atoms with van der Waals surface area (Å²) in [5.74, 6) is -1.90. The molecule has 0 atom stereocenters. The first kappa shape index (κ1) is 18.9. The fraction of sp³-hybridized carbons (Fsp3) is 0.158. The molecule has 1 aliphatic rings. The van der Waals surface area contributed by atoms with Crippen molar-refractivity contribution >= 4 is 34.9 Å². The van der Waals surface area contributed by atoms with Crippen molar-refractivity contribution in [2.45, 2.75) is 13.8 Å². The fourth-order valence-electron chi connectivity index (χ4n) is 2.90. The standard InChI is InChI=1S/C19H15N3O6/c1-11(23)13-3-5-14(6-4-13)20(12(2)24)10-21-18(25)16-8-7-15(22(27)28)9-17(16)19(21)26/h3-9H,10H2,1-2H3. The Labute approximate surface area is 159 Å². The number of nitrogens with zero attached hydrogens (tertiary/aromatic N) is 3. The van der Waals surface area contributed by atoms with Crippen molar-refractivity contribution in [1.82, 2.24) is 4.90 Å². The van der Waals surface area contributed by atoms with E-state index in [1.807, 2.05) is 0 Å². The second-order valence-electron chi connectivity index (χ2n) is 6.22. The molecule has 9 heteroatoms. The van der Waals surface area contributed by atoms with Crippen molar-refractivity contribution in [2.24, 2.45) is 0 Å². The molecule has 1 heterocycles. The first-order valence-corrected chi connectivity index (χ1v) is 8.24. The van der Waals surface area contributed by atoms with Gasteiger partial charge in [-0.05, 0) is 37.3 Å². The molecule has 142 valence electrons. The van der Waals surface area contributed by atoms with Crippen LogP contribution in [0.2, 0.25) is 0 Å². The Morgan fingerprint density at radius 2 is 1.61 bits per heavy atom. The van der Waals surface area contributed by atoms with Gasteiger partial charge in [0.25, 0.3) is 17.5 Å². The van der Waals surface area contributed by atoms with Crippen molar-refractivity contribution in [1.29, 1.82) is 0 Å². The predicted molar refractivity (Wildman–Crippen MR) is 98.1 cm³/mol. The van der Waals surface area contributed by atoms with Crippen LogP contribution < -0.4 is 4.90 Å². The number of rotatable bonds is 5. The van der Waals surface area contributed by atoms with Crippen LogP contribution in [0.5, 0.6) is 0 Å². The Morgan fingerprint density at radius 1 is 1.00 bits per heavy atom. The average molecular weight is 381 g/mol. The number of anilines is 1. The molecule has 0 saturated carbocycles. The Hall–Kier alpha value is -3.88. The minimum atomic E-state index is -0.713. The first-order valence-electron chi connectivity index (χ1n) is 8.24. The zero-order valence-corrected chi connectivity index (χ0v) is 15.0. The summed E-state index contributed by atoms with van der Waals surface area (Å²) >= 11 is 0.